The first-order chi connectivity index (χ1) is 8.81. The average molecular weight is 250 g/mol. The zero-order valence-corrected chi connectivity index (χ0v) is 10.6. The molecule has 2 heterocycles. The number of aliphatic hydroxyl groups excluding tert-OH is 1. The van der Waals surface area contributed by atoms with Gasteiger partial charge in [0.25, 0.3) is 0 Å². The van der Waals surface area contributed by atoms with E-state index in [9.17, 15) is 0 Å². The van der Waals surface area contributed by atoms with Crippen molar-refractivity contribution in [1.82, 2.24) is 15.0 Å². The first kappa shape index (κ1) is 14.0. The molecule has 2 aromatic heterocycles. The summed E-state index contributed by atoms with van der Waals surface area (Å²) in [5.41, 5.74) is 6.18. The van der Waals surface area contributed by atoms with E-state index in [1.807, 2.05) is 19.9 Å². The Hall–Kier alpha value is -2.08. The van der Waals surface area contributed by atoms with Crippen molar-refractivity contribution in [3.05, 3.63) is 24.4 Å². The third-order valence-corrected chi connectivity index (χ3v) is 1.99. The lowest BCUT2D eigenvalue weighted by Gasteiger charge is -2.03. The summed E-state index contributed by atoms with van der Waals surface area (Å²) in [5.74, 6) is 0.599. The molecule has 0 atom stereocenters. The van der Waals surface area contributed by atoms with Crippen molar-refractivity contribution in [3.8, 4) is 5.88 Å². The number of aromatic amines is 1. The van der Waals surface area contributed by atoms with Crippen LogP contribution in [-0.4, -0.2) is 33.3 Å². The molecule has 0 fully saturated rings. The SMILES string of the molecule is CC.Nc1nc(OC/C=C/CO)c2cc[nH]c2n1. The molecule has 4 N–H and O–H groups in total. The summed E-state index contributed by atoms with van der Waals surface area (Å²) in [6.07, 6.45) is 5.05. The lowest BCUT2D eigenvalue weighted by molar-refractivity contribution is 0.334. The molecular weight excluding hydrogens is 232 g/mol. The van der Waals surface area contributed by atoms with Crippen LogP contribution in [0.5, 0.6) is 5.88 Å². The fourth-order valence-corrected chi connectivity index (χ4v) is 1.31. The first-order valence-corrected chi connectivity index (χ1v) is 5.80. The molecule has 0 bridgehead atoms. The van der Waals surface area contributed by atoms with E-state index in [2.05, 4.69) is 15.0 Å². The highest BCUT2D eigenvalue weighted by atomic mass is 16.5. The first-order valence-electron chi connectivity index (χ1n) is 5.80. The molecule has 0 amide bonds. The molecule has 0 saturated carbocycles. The van der Waals surface area contributed by atoms with Crippen molar-refractivity contribution in [2.24, 2.45) is 0 Å². The number of nitrogens with zero attached hydrogens (tertiary/aromatic N) is 2. The van der Waals surface area contributed by atoms with E-state index in [1.165, 1.54) is 0 Å². The third-order valence-electron chi connectivity index (χ3n) is 1.99. The van der Waals surface area contributed by atoms with Crippen LogP contribution in [0.1, 0.15) is 13.8 Å². The zero-order valence-electron chi connectivity index (χ0n) is 10.6. The Kier molecular flexibility index (Phi) is 5.66. The van der Waals surface area contributed by atoms with E-state index >= 15 is 0 Å². The van der Waals surface area contributed by atoms with Crippen LogP contribution in [0.25, 0.3) is 11.0 Å². The number of aliphatic hydroxyl groups is 1. The van der Waals surface area contributed by atoms with Gasteiger partial charge in [-0.05, 0) is 12.1 Å². The molecule has 18 heavy (non-hydrogen) atoms. The van der Waals surface area contributed by atoms with Crippen molar-refractivity contribution >= 4 is 17.0 Å². The molecule has 0 spiro atoms. The maximum atomic E-state index is 8.55. The minimum Gasteiger partial charge on any atom is -0.473 e. The number of hydrogen-bond acceptors (Lipinski definition) is 5. The summed E-state index contributed by atoms with van der Waals surface area (Å²) < 4.78 is 5.41. The highest BCUT2D eigenvalue weighted by molar-refractivity contribution is 5.81. The van der Waals surface area contributed by atoms with E-state index in [1.54, 1.807) is 18.3 Å². The maximum Gasteiger partial charge on any atom is 0.228 e. The van der Waals surface area contributed by atoms with Gasteiger partial charge in [-0.1, -0.05) is 19.9 Å². The van der Waals surface area contributed by atoms with Crippen LogP contribution in [0.3, 0.4) is 0 Å². The quantitative estimate of drug-likeness (QED) is 0.714. The van der Waals surface area contributed by atoms with E-state index < -0.39 is 0 Å². The van der Waals surface area contributed by atoms with Crippen molar-refractivity contribution < 1.29 is 9.84 Å². The van der Waals surface area contributed by atoms with Gasteiger partial charge < -0.3 is 20.6 Å². The number of nitrogen functional groups attached to an aromatic ring is 1. The predicted molar refractivity (Wildman–Crippen MR) is 71.4 cm³/mol. The third kappa shape index (κ3) is 3.46. The average Bonchev–Trinajstić information content (AvgIpc) is 2.85. The van der Waals surface area contributed by atoms with Crippen LogP contribution in [0, 0.1) is 0 Å². The smallest absolute Gasteiger partial charge is 0.228 e. The van der Waals surface area contributed by atoms with Crippen LogP contribution in [0.2, 0.25) is 0 Å². The molecule has 0 aliphatic rings. The van der Waals surface area contributed by atoms with Gasteiger partial charge in [-0.25, -0.2) is 0 Å². The van der Waals surface area contributed by atoms with E-state index in [0.29, 0.717) is 18.1 Å². The summed E-state index contributed by atoms with van der Waals surface area (Å²) in [6.45, 7) is 4.33. The Morgan fingerprint density at radius 3 is 2.89 bits per heavy atom. The molecule has 2 rings (SSSR count). The van der Waals surface area contributed by atoms with Gasteiger partial charge in [0.05, 0.1) is 12.0 Å². The Morgan fingerprint density at radius 1 is 1.39 bits per heavy atom. The van der Waals surface area contributed by atoms with Gasteiger partial charge in [0, 0.05) is 6.20 Å². The van der Waals surface area contributed by atoms with Gasteiger partial charge in [0.15, 0.2) is 0 Å². The molecule has 0 saturated heterocycles. The summed E-state index contributed by atoms with van der Waals surface area (Å²) >= 11 is 0. The second-order valence-electron chi connectivity index (χ2n) is 3.09. The van der Waals surface area contributed by atoms with Crippen LogP contribution in [0.15, 0.2) is 24.4 Å². The van der Waals surface area contributed by atoms with E-state index in [-0.39, 0.29) is 12.6 Å². The number of hydrogen-bond donors (Lipinski definition) is 3. The topological polar surface area (TPSA) is 97.0 Å². The molecule has 0 radical (unpaired) electrons. The second kappa shape index (κ2) is 7.29. The summed E-state index contributed by atoms with van der Waals surface area (Å²) in [6, 6.07) is 1.82. The predicted octanol–water partition coefficient (Wildman–Crippen LogP) is 1.49. The fraction of sp³-hybridized carbons (Fsp3) is 0.333. The van der Waals surface area contributed by atoms with Gasteiger partial charge in [0.2, 0.25) is 11.8 Å². The Balaban J connectivity index is 0.000000771. The van der Waals surface area contributed by atoms with Crippen molar-refractivity contribution in [3.63, 3.8) is 0 Å². The minimum atomic E-state index is -0.00512. The van der Waals surface area contributed by atoms with Gasteiger partial charge >= 0.3 is 0 Å². The number of H-pyrrole nitrogens is 1. The standard InChI is InChI=1S/C10H12N4O2.C2H6/c11-10-13-8-7(3-4-12-8)9(14-10)16-6-2-1-5-15;1-2/h1-4,15H,5-6H2,(H3,11,12,13,14);1-2H3/b2-1+;. The molecule has 0 unspecified atom stereocenters. The molecule has 98 valence electrons. The van der Waals surface area contributed by atoms with Gasteiger partial charge in [0.1, 0.15) is 12.3 Å². The van der Waals surface area contributed by atoms with Crippen LogP contribution in [0.4, 0.5) is 5.95 Å². The summed E-state index contributed by atoms with van der Waals surface area (Å²) in [4.78, 5) is 10.9. The number of anilines is 1. The van der Waals surface area contributed by atoms with Crippen molar-refractivity contribution in [1.29, 1.82) is 0 Å². The van der Waals surface area contributed by atoms with E-state index in [4.69, 9.17) is 15.6 Å². The van der Waals surface area contributed by atoms with Crippen molar-refractivity contribution in [2.45, 2.75) is 13.8 Å². The zero-order chi connectivity index (χ0) is 13.4. The fourth-order valence-electron chi connectivity index (χ4n) is 1.31. The summed E-state index contributed by atoms with van der Waals surface area (Å²) in [5, 5.41) is 9.34. The summed E-state index contributed by atoms with van der Waals surface area (Å²) in [7, 11) is 0. The number of rotatable bonds is 4. The minimum absolute atomic E-state index is 0.00512. The van der Waals surface area contributed by atoms with Crippen LogP contribution in [-0.2, 0) is 0 Å². The van der Waals surface area contributed by atoms with Gasteiger partial charge in [-0.3, -0.25) is 0 Å². The molecule has 0 aromatic carbocycles. The van der Waals surface area contributed by atoms with Crippen LogP contribution >= 0.6 is 0 Å². The lowest BCUT2D eigenvalue weighted by atomic mass is 10.4. The molecule has 6 heteroatoms. The normalized spacial score (nSPS) is 10.4. The Bertz CT molecular complexity index is 508. The Morgan fingerprint density at radius 2 is 2.17 bits per heavy atom. The molecule has 0 aliphatic heterocycles. The highest BCUT2D eigenvalue weighted by Crippen LogP contribution is 2.21. The maximum absolute atomic E-state index is 8.55. The van der Waals surface area contributed by atoms with Gasteiger partial charge in [-0.2, -0.15) is 9.97 Å². The molecule has 2 aromatic rings. The number of nitrogens with one attached hydrogen (secondary N) is 1. The lowest BCUT2D eigenvalue weighted by Crippen LogP contribution is -2.01. The number of nitrogens with two attached hydrogens (primary N) is 1. The number of fused-ring (bicyclic) bond motifs is 1. The monoisotopic (exact) mass is 250 g/mol. The van der Waals surface area contributed by atoms with Gasteiger partial charge in [-0.15, -0.1) is 0 Å². The molecule has 0 aliphatic carbocycles. The number of ether oxygens (including phenoxy) is 1. The number of aromatic nitrogens is 3. The van der Waals surface area contributed by atoms with Crippen molar-refractivity contribution in [2.75, 3.05) is 18.9 Å². The molecule has 6 nitrogen and oxygen atoms in total. The largest absolute Gasteiger partial charge is 0.473 e. The van der Waals surface area contributed by atoms with Crippen LogP contribution < -0.4 is 10.5 Å². The van der Waals surface area contributed by atoms with E-state index in [0.717, 1.165) is 5.39 Å². The molecular formula is C12H18N4O2. The second-order valence-corrected chi connectivity index (χ2v) is 3.09. The highest BCUT2D eigenvalue weighted by Gasteiger charge is 2.07. The Labute approximate surface area is 106 Å².